The lowest BCUT2D eigenvalue weighted by Crippen LogP contribution is -2.22. The van der Waals surface area contributed by atoms with Crippen molar-refractivity contribution in [2.45, 2.75) is 49.7 Å². The molecule has 20 heavy (non-hydrogen) atoms. The minimum Gasteiger partial charge on any atom is -0.310 e. The molecule has 0 aliphatic carbocycles. The van der Waals surface area contributed by atoms with Gasteiger partial charge in [0.1, 0.15) is 0 Å². The monoisotopic (exact) mass is 305 g/mol. The quantitative estimate of drug-likeness (QED) is 0.664. The summed E-state index contributed by atoms with van der Waals surface area (Å²) in [6, 6.07) is 8.06. The Morgan fingerprint density at radius 3 is 2.35 bits per heavy atom. The highest BCUT2D eigenvalue weighted by Gasteiger charge is 2.26. The van der Waals surface area contributed by atoms with Crippen molar-refractivity contribution in [1.82, 2.24) is 5.32 Å². The van der Waals surface area contributed by atoms with Crippen molar-refractivity contribution in [1.29, 1.82) is 0 Å². The predicted octanol–water partition coefficient (Wildman–Crippen LogP) is 5.18. The Labute approximate surface area is 123 Å². The lowest BCUT2D eigenvalue weighted by atomic mass is 10.0. The summed E-state index contributed by atoms with van der Waals surface area (Å²) >= 11 is 1.66. The van der Waals surface area contributed by atoms with Crippen molar-refractivity contribution in [3.63, 3.8) is 0 Å². The maximum atomic E-state index is 12.2. The van der Waals surface area contributed by atoms with Crippen LogP contribution in [0.3, 0.4) is 0 Å². The van der Waals surface area contributed by atoms with Crippen LogP contribution in [-0.4, -0.2) is 19.0 Å². The molecule has 0 fully saturated rings. The Bertz CT molecular complexity index is 376. The van der Waals surface area contributed by atoms with Gasteiger partial charge in [0.15, 0.2) is 0 Å². The van der Waals surface area contributed by atoms with Crippen molar-refractivity contribution in [3.8, 4) is 0 Å². The van der Waals surface area contributed by atoms with E-state index in [1.807, 2.05) is 30.5 Å². The van der Waals surface area contributed by atoms with Gasteiger partial charge in [0.25, 0.3) is 0 Å². The molecule has 0 aromatic heterocycles. The first kappa shape index (κ1) is 17.4. The Balaban J connectivity index is 2.62. The topological polar surface area (TPSA) is 12.0 Å². The van der Waals surface area contributed by atoms with Crippen molar-refractivity contribution >= 4 is 11.8 Å². The Morgan fingerprint density at radius 2 is 1.85 bits per heavy atom. The maximum Gasteiger partial charge on any atom is 0.389 e. The third-order valence-corrected chi connectivity index (χ3v) is 3.86. The van der Waals surface area contributed by atoms with Crippen LogP contribution < -0.4 is 5.32 Å². The SMILES string of the molecule is CCCNC(CCCC(F)(F)F)c1ccc(SC)cc1. The maximum absolute atomic E-state index is 12.2. The Morgan fingerprint density at radius 1 is 1.20 bits per heavy atom. The van der Waals surface area contributed by atoms with Crippen LogP contribution in [0.25, 0.3) is 0 Å². The van der Waals surface area contributed by atoms with Gasteiger partial charge in [-0.25, -0.2) is 0 Å². The number of rotatable bonds is 8. The average molecular weight is 305 g/mol. The highest BCUT2D eigenvalue weighted by Crippen LogP contribution is 2.27. The summed E-state index contributed by atoms with van der Waals surface area (Å²) in [6.45, 7) is 2.87. The lowest BCUT2D eigenvalue weighted by molar-refractivity contribution is -0.135. The fraction of sp³-hybridized carbons (Fsp3) is 0.600. The van der Waals surface area contributed by atoms with E-state index in [1.54, 1.807) is 11.8 Å². The molecule has 1 atom stereocenters. The van der Waals surface area contributed by atoms with Gasteiger partial charge in [-0.2, -0.15) is 13.2 Å². The third kappa shape index (κ3) is 6.66. The van der Waals surface area contributed by atoms with Crippen molar-refractivity contribution < 1.29 is 13.2 Å². The molecule has 1 aromatic rings. The van der Waals surface area contributed by atoms with Crippen LogP contribution in [0.2, 0.25) is 0 Å². The van der Waals surface area contributed by atoms with E-state index in [9.17, 15) is 13.2 Å². The normalized spacial score (nSPS) is 13.4. The van der Waals surface area contributed by atoms with E-state index in [4.69, 9.17) is 0 Å². The molecule has 0 aliphatic heterocycles. The molecule has 1 N–H and O–H groups in total. The Hall–Kier alpha value is -0.680. The van der Waals surface area contributed by atoms with Crippen molar-refractivity contribution in [3.05, 3.63) is 29.8 Å². The third-order valence-electron chi connectivity index (χ3n) is 3.11. The summed E-state index contributed by atoms with van der Waals surface area (Å²) in [5.74, 6) is 0. The molecule has 5 heteroatoms. The smallest absolute Gasteiger partial charge is 0.310 e. The van der Waals surface area contributed by atoms with Gasteiger partial charge in [0.2, 0.25) is 0 Å². The lowest BCUT2D eigenvalue weighted by Gasteiger charge is -2.19. The van der Waals surface area contributed by atoms with Crippen LogP contribution in [0, 0.1) is 0 Å². The van der Waals surface area contributed by atoms with Crippen LogP contribution in [0.15, 0.2) is 29.2 Å². The zero-order valence-electron chi connectivity index (χ0n) is 12.0. The first-order valence-electron chi connectivity index (χ1n) is 6.90. The zero-order chi connectivity index (χ0) is 15.0. The number of thioether (sulfide) groups is 1. The van der Waals surface area contributed by atoms with Gasteiger partial charge in [-0.15, -0.1) is 11.8 Å². The minimum atomic E-state index is -4.06. The summed E-state index contributed by atoms with van der Waals surface area (Å²) in [7, 11) is 0. The summed E-state index contributed by atoms with van der Waals surface area (Å²) in [5.41, 5.74) is 1.07. The fourth-order valence-corrected chi connectivity index (χ4v) is 2.46. The van der Waals surface area contributed by atoms with E-state index in [-0.39, 0.29) is 12.5 Å². The first-order chi connectivity index (χ1) is 9.46. The molecule has 114 valence electrons. The van der Waals surface area contributed by atoms with Gasteiger partial charge < -0.3 is 5.32 Å². The highest BCUT2D eigenvalue weighted by molar-refractivity contribution is 7.98. The molecular formula is C15H22F3NS. The summed E-state index contributed by atoms with van der Waals surface area (Å²) in [5, 5.41) is 3.34. The first-order valence-corrected chi connectivity index (χ1v) is 8.13. The Kier molecular flexibility index (Phi) is 7.45. The predicted molar refractivity (Wildman–Crippen MR) is 79.2 cm³/mol. The molecule has 0 heterocycles. The number of halogens is 3. The number of alkyl halides is 3. The second kappa shape index (κ2) is 8.57. The van der Waals surface area contributed by atoms with Crippen LogP contribution >= 0.6 is 11.8 Å². The number of hydrogen-bond acceptors (Lipinski definition) is 2. The fourth-order valence-electron chi connectivity index (χ4n) is 2.05. The summed E-state index contributed by atoms with van der Waals surface area (Å²) in [4.78, 5) is 1.17. The average Bonchev–Trinajstić information content (AvgIpc) is 2.41. The molecule has 0 amide bonds. The summed E-state index contributed by atoms with van der Waals surface area (Å²) < 4.78 is 36.7. The van der Waals surface area contributed by atoms with Crippen LogP contribution in [0.5, 0.6) is 0 Å². The van der Waals surface area contributed by atoms with Crippen LogP contribution in [0.1, 0.15) is 44.2 Å². The van der Waals surface area contributed by atoms with Crippen molar-refractivity contribution in [2.75, 3.05) is 12.8 Å². The molecule has 0 saturated carbocycles. The van der Waals surface area contributed by atoms with E-state index in [1.165, 1.54) is 4.90 Å². The van der Waals surface area contributed by atoms with Gasteiger partial charge in [0.05, 0.1) is 0 Å². The molecular weight excluding hydrogens is 283 g/mol. The number of nitrogens with one attached hydrogen (secondary N) is 1. The molecule has 1 aromatic carbocycles. The van der Waals surface area contributed by atoms with Gasteiger partial charge in [-0.3, -0.25) is 0 Å². The van der Waals surface area contributed by atoms with Crippen LogP contribution in [-0.2, 0) is 0 Å². The van der Waals surface area contributed by atoms with Crippen LogP contribution in [0.4, 0.5) is 13.2 Å². The van der Waals surface area contributed by atoms with Gasteiger partial charge >= 0.3 is 6.18 Å². The van der Waals surface area contributed by atoms with E-state index < -0.39 is 12.6 Å². The van der Waals surface area contributed by atoms with Crippen molar-refractivity contribution in [2.24, 2.45) is 0 Å². The number of benzene rings is 1. The second-order valence-electron chi connectivity index (χ2n) is 4.79. The van der Waals surface area contributed by atoms with E-state index in [2.05, 4.69) is 12.2 Å². The molecule has 0 aliphatic rings. The largest absolute Gasteiger partial charge is 0.389 e. The second-order valence-corrected chi connectivity index (χ2v) is 5.67. The van der Waals surface area contributed by atoms with E-state index in [0.717, 1.165) is 18.5 Å². The number of hydrogen-bond donors (Lipinski definition) is 1. The minimum absolute atomic E-state index is 0.00760. The summed E-state index contributed by atoms with van der Waals surface area (Å²) in [6.07, 6.45) is -1.12. The van der Waals surface area contributed by atoms with E-state index in [0.29, 0.717) is 6.42 Å². The highest BCUT2D eigenvalue weighted by atomic mass is 32.2. The van der Waals surface area contributed by atoms with Gasteiger partial charge in [-0.1, -0.05) is 19.1 Å². The van der Waals surface area contributed by atoms with E-state index >= 15 is 0 Å². The standard InChI is InChI=1S/C15H22F3NS/c1-3-11-19-14(5-4-10-15(16,17)18)12-6-8-13(20-2)9-7-12/h6-9,14,19H,3-5,10-11H2,1-2H3. The van der Waals surface area contributed by atoms with Gasteiger partial charge in [0, 0.05) is 17.4 Å². The molecule has 1 rings (SSSR count). The molecule has 0 bridgehead atoms. The van der Waals surface area contributed by atoms with Gasteiger partial charge in [-0.05, 0) is 49.8 Å². The zero-order valence-corrected chi connectivity index (χ0v) is 12.8. The molecule has 0 spiro atoms. The molecule has 1 nitrogen and oxygen atoms in total. The molecule has 0 saturated heterocycles. The molecule has 0 radical (unpaired) electrons. The molecule has 1 unspecified atom stereocenters.